The van der Waals surface area contributed by atoms with Gasteiger partial charge in [-0.05, 0) is 53.3 Å². The van der Waals surface area contributed by atoms with Crippen LogP contribution >= 0.6 is 7.37 Å². The van der Waals surface area contributed by atoms with Gasteiger partial charge in [0.2, 0.25) is 19.6 Å². The predicted octanol–water partition coefficient (Wildman–Crippen LogP) is 8.55. The summed E-state index contributed by atoms with van der Waals surface area (Å²) in [6.45, 7) is 5.15. The highest BCUT2D eigenvalue weighted by Gasteiger charge is 2.42. The van der Waals surface area contributed by atoms with E-state index in [0.717, 1.165) is 22.3 Å². The molecule has 3 N–H and O–H groups in total. The third kappa shape index (κ3) is 11.1. The van der Waals surface area contributed by atoms with Crippen LogP contribution in [0.4, 0.5) is 0 Å². The molecule has 2 unspecified atom stereocenters. The van der Waals surface area contributed by atoms with Gasteiger partial charge in [0.05, 0.1) is 11.5 Å². The highest BCUT2D eigenvalue weighted by molar-refractivity contribution is 7.59. The monoisotopic (exact) mass is 746 g/mol. The molecule has 54 heavy (non-hydrogen) atoms. The van der Waals surface area contributed by atoms with E-state index in [1.54, 1.807) is 75.4 Å². The number of esters is 2. The van der Waals surface area contributed by atoms with Crippen LogP contribution in [0, 0.1) is 11.8 Å². The fourth-order valence-electron chi connectivity index (χ4n) is 5.84. The smallest absolute Gasteiger partial charge is 0.340 e. The van der Waals surface area contributed by atoms with E-state index in [2.05, 4.69) is 5.32 Å². The van der Waals surface area contributed by atoms with Gasteiger partial charge in [-0.1, -0.05) is 147 Å². The van der Waals surface area contributed by atoms with E-state index in [-0.39, 0.29) is 19.2 Å². The van der Waals surface area contributed by atoms with Gasteiger partial charge < -0.3 is 20.5 Å². The number of carbonyl (C=O) groups is 3. The van der Waals surface area contributed by atoms with Crippen LogP contribution in [-0.2, 0) is 41.2 Å². The topological polar surface area (TPSA) is 134 Å². The zero-order chi connectivity index (χ0) is 38.5. The molecule has 5 aromatic rings. The van der Waals surface area contributed by atoms with Crippen LogP contribution in [0.3, 0.4) is 0 Å². The average molecular weight is 747 g/mol. The van der Waals surface area contributed by atoms with Crippen LogP contribution in [0.5, 0.6) is 0 Å². The molecule has 10 heteroatoms. The van der Waals surface area contributed by atoms with E-state index in [0.29, 0.717) is 11.1 Å². The van der Waals surface area contributed by atoms with Crippen molar-refractivity contribution < 1.29 is 32.9 Å². The molecule has 5 atom stereocenters. The van der Waals surface area contributed by atoms with E-state index in [1.807, 2.05) is 91.0 Å². The predicted molar refractivity (Wildman–Crippen MR) is 210 cm³/mol. The summed E-state index contributed by atoms with van der Waals surface area (Å²) in [6, 6.07) is 43.2. The molecule has 0 saturated heterocycles. The molecule has 0 radical (unpaired) electrons. The molecule has 9 nitrogen and oxygen atoms in total. The second kappa shape index (κ2) is 19.1. The van der Waals surface area contributed by atoms with Crippen LogP contribution in [0.15, 0.2) is 146 Å². The Kier molecular flexibility index (Phi) is 14.1. The molecule has 0 aromatic heterocycles. The molecule has 0 fully saturated rings. The number of hydrogen-bond acceptors (Lipinski definition) is 8. The van der Waals surface area contributed by atoms with Crippen molar-refractivity contribution >= 4 is 25.2 Å². The Hall–Kier alpha value is -5.34. The molecular weight excluding hydrogens is 699 g/mol. The molecule has 0 saturated carbocycles. The summed E-state index contributed by atoms with van der Waals surface area (Å²) in [7, 11) is -4.09. The summed E-state index contributed by atoms with van der Waals surface area (Å²) < 4.78 is 33.0. The largest absolute Gasteiger partial charge is 0.459 e. The molecule has 5 rings (SSSR count). The van der Waals surface area contributed by atoms with Gasteiger partial charge in [0.15, 0.2) is 0 Å². The van der Waals surface area contributed by atoms with Crippen molar-refractivity contribution in [3.8, 4) is 11.1 Å². The van der Waals surface area contributed by atoms with Crippen molar-refractivity contribution in [2.75, 3.05) is 6.16 Å². The maximum Gasteiger partial charge on any atom is 0.340 e. The second-order valence-corrected chi connectivity index (χ2v) is 16.1. The van der Waals surface area contributed by atoms with Gasteiger partial charge in [-0.2, -0.15) is 0 Å². The van der Waals surface area contributed by atoms with Crippen molar-refractivity contribution in [3.05, 3.63) is 168 Å². The minimum Gasteiger partial charge on any atom is -0.459 e. The first-order valence-corrected chi connectivity index (χ1v) is 19.9. The van der Waals surface area contributed by atoms with E-state index in [1.165, 1.54) is 0 Å². The number of carbonyl (C=O) groups excluding carboxylic acids is 3. The third-order valence-corrected chi connectivity index (χ3v) is 11.6. The van der Waals surface area contributed by atoms with Crippen LogP contribution in [0.2, 0.25) is 0 Å². The lowest BCUT2D eigenvalue weighted by atomic mass is 9.97. The van der Waals surface area contributed by atoms with E-state index >= 15 is 4.57 Å². The second-order valence-electron chi connectivity index (χ2n) is 13.5. The summed E-state index contributed by atoms with van der Waals surface area (Å²) in [5, 5.41) is 2.79. The quantitative estimate of drug-likeness (QED) is 0.0550. The van der Waals surface area contributed by atoms with Gasteiger partial charge in [-0.25, -0.2) is 9.59 Å². The average Bonchev–Trinajstić information content (AvgIpc) is 3.20. The molecule has 5 aromatic carbocycles. The molecular formula is C44H47N2O7P. The summed E-state index contributed by atoms with van der Waals surface area (Å²) in [5.74, 6) is -4.37. The standard InChI is InChI=1S/C44H47N2O7P/c1-31(2)44(52-43(49)38-22-14-7-15-23-38)53-54(50,40(45)37-20-12-6-13-21-37)30-39(28-33-24-26-36(27-25-33)35-18-10-5-11-19-35)41(47)46-32(3)42(48)51-29-34-16-8-4-9-17-34/h4-27,31-32,39-40,44H,28-30,45H2,1-3H3,(H,46,47)/t32-,39+,40+,44?,54?/m0/s1. The SMILES string of the molecule is CC(C)C(OC(=O)c1ccccc1)OP(=O)(C[C@@H](Cc1ccc(-c2ccccc2)cc1)C(=O)N[C@@H](C)C(=O)OCc1ccccc1)[C@@H](N)c1ccccc1. The summed E-state index contributed by atoms with van der Waals surface area (Å²) >= 11 is 0. The highest BCUT2D eigenvalue weighted by Crippen LogP contribution is 2.60. The fraction of sp³-hybridized carbons (Fsp3) is 0.250. The number of hydrogen-bond donors (Lipinski definition) is 2. The zero-order valence-corrected chi connectivity index (χ0v) is 31.6. The Bertz CT molecular complexity index is 1990. The number of nitrogens with one attached hydrogen (secondary N) is 1. The van der Waals surface area contributed by atoms with Crippen LogP contribution in [-0.4, -0.2) is 36.3 Å². The fourth-order valence-corrected chi connectivity index (χ4v) is 8.46. The number of rotatable bonds is 17. The molecule has 1 amide bonds. The minimum atomic E-state index is -4.09. The molecule has 280 valence electrons. The van der Waals surface area contributed by atoms with Gasteiger partial charge >= 0.3 is 11.9 Å². The van der Waals surface area contributed by atoms with Gasteiger partial charge in [0, 0.05) is 12.1 Å². The maximum atomic E-state index is 15.4. The lowest BCUT2D eigenvalue weighted by molar-refractivity contribution is -0.148. The highest BCUT2D eigenvalue weighted by atomic mass is 31.2. The van der Waals surface area contributed by atoms with Gasteiger partial charge in [0.1, 0.15) is 18.4 Å². The third-order valence-electron chi connectivity index (χ3n) is 8.95. The Labute approximate surface area is 317 Å². The molecule has 0 aliphatic heterocycles. The number of benzene rings is 5. The van der Waals surface area contributed by atoms with E-state index in [9.17, 15) is 14.4 Å². The molecule has 0 spiro atoms. The maximum absolute atomic E-state index is 15.4. The van der Waals surface area contributed by atoms with Crippen LogP contribution < -0.4 is 11.1 Å². The molecule has 0 aliphatic carbocycles. The minimum absolute atomic E-state index is 0.0460. The molecule has 0 bridgehead atoms. The van der Waals surface area contributed by atoms with Gasteiger partial charge in [-0.3, -0.25) is 13.9 Å². The van der Waals surface area contributed by atoms with Crippen molar-refractivity contribution in [1.29, 1.82) is 0 Å². The van der Waals surface area contributed by atoms with Crippen molar-refractivity contribution in [2.24, 2.45) is 17.6 Å². The Morgan fingerprint density at radius 1 is 0.685 bits per heavy atom. The number of ether oxygens (including phenoxy) is 2. The summed E-state index contributed by atoms with van der Waals surface area (Å²) in [6.07, 6.45) is -1.41. The number of amides is 1. The number of nitrogens with two attached hydrogens (primary N) is 1. The lowest BCUT2D eigenvalue weighted by Crippen LogP contribution is -2.44. The van der Waals surface area contributed by atoms with E-state index in [4.69, 9.17) is 19.7 Å². The van der Waals surface area contributed by atoms with Gasteiger partial charge in [0.25, 0.3) is 0 Å². The Balaban J connectivity index is 1.44. The Morgan fingerprint density at radius 3 is 1.81 bits per heavy atom. The first kappa shape index (κ1) is 39.9. The zero-order valence-electron chi connectivity index (χ0n) is 30.7. The van der Waals surface area contributed by atoms with Crippen molar-refractivity contribution in [2.45, 2.75) is 51.9 Å². The van der Waals surface area contributed by atoms with Crippen LogP contribution in [0.1, 0.15) is 53.6 Å². The normalized spacial score (nSPS) is 14.5. The molecule has 0 heterocycles. The lowest BCUT2D eigenvalue weighted by Gasteiger charge is -2.33. The first-order valence-electron chi connectivity index (χ1n) is 18.0. The van der Waals surface area contributed by atoms with Crippen molar-refractivity contribution in [3.63, 3.8) is 0 Å². The van der Waals surface area contributed by atoms with Crippen LogP contribution in [0.25, 0.3) is 11.1 Å². The first-order chi connectivity index (χ1) is 26.0. The molecule has 0 aliphatic rings. The van der Waals surface area contributed by atoms with Gasteiger partial charge in [-0.15, -0.1) is 0 Å². The summed E-state index contributed by atoms with van der Waals surface area (Å²) in [4.78, 5) is 40.4. The van der Waals surface area contributed by atoms with E-state index < -0.39 is 55.2 Å². The Morgan fingerprint density at radius 2 is 1.22 bits per heavy atom. The van der Waals surface area contributed by atoms with Crippen molar-refractivity contribution in [1.82, 2.24) is 5.32 Å². The summed E-state index contributed by atoms with van der Waals surface area (Å²) in [5.41, 5.74) is 11.3.